The van der Waals surface area contributed by atoms with Crippen molar-refractivity contribution in [3.63, 3.8) is 0 Å². The van der Waals surface area contributed by atoms with E-state index in [9.17, 15) is 0 Å². The van der Waals surface area contributed by atoms with E-state index in [1.807, 2.05) is 24.3 Å². The van der Waals surface area contributed by atoms with Crippen molar-refractivity contribution in [2.24, 2.45) is 0 Å². The summed E-state index contributed by atoms with van der Waals surface area (Å²) < 4.78 is 2.14. The number of nitrogens with zero attached hydrogens (tertiary/aromatic N) is 2. The van der Waals surface area contributed by atoms with E-state index in [0.717, 1.165) is 27.0 Å². The zero-order valence-corrected chi connectivity index (χ0v) is 12.3. The second kappa shape index (κ2) is 4.91. The third-order valence-corrected chi connectivity index (χ3v) is 4.06. The molecule has 0 spiro atoms. The molecule has 0 unspecified atom stereocenters. The van der Waals surface area contributed by atoms with Crippen molar-refractivity contribution in [3.8, 4) is 11.3 Å². The fourth-order valence-corrected chi connectivity index (χ4v) is 2.95. The van der Waals surface area contributed by atoms with Gasteiger partial charge in [-0.3, -0.25) is 4.40 Å². The summed E-state index contributed by atoms with van der Waals surface area (Å²) in [6.45, 7) is 2.09. The van der Waals surface area contributed by atoms with E-state index < -0.39 is 0 Å². The molecule has 0 aliphatic heterocycles. The Morgan fingerprint density at radius 1 is 1.11 bits per heavy atom. The molecule has 96 valence electrons. The molecule has 4 heteroatoms. The van der Waals surface area contributed by atoms with Crippen molar-refractivity contribution in [2.45, 2.75) is 11.9 Å². The van der Waals surface area contributed by atoms with Gasteiger partial charge in [-0.25, -0.2) is 4.98 Å². The van der Waals surface area contributed by atoms with Gasteiger partial charge in [0.05, 0.1) is 0 Å². The van der Waals surface area contributed by atoms with E-state index in [2.05, 4.69) is 35.9 Å². The molecule has 0 saturated carbocycles. The Balaban J connectivity index is 2.25. The lowest BCUT2D eigenvalue weighted by Crippen LogP contribution is -1.87. The Hall–Kier alpha value is -1.45. The van der Waals surface area contributed by atoms with Crippen LogP contribution in [0.1, 0.15) is 5.56 Å². The lowest BCUT2D eigenvalue weighted by Gasteiger charge is -2.02. The van der Waals surface area contributed by atoms with Gasteiger partial charge in [0.2, 0.25) is 0 Å². The SMILES string of the molecule is CSc1c(-c2ccc(Cl)cc2)nc2ccc(C)cn12. The molecule has 3 aromatic rings. The minimum atomic E-state index is 0.745. The first-order valence-electron chi connectivity index (χ1n) is 5.97. The van der Waals surface area contributed by atoms with Gasteiger partial charge in [0, 0.05) is 16.8 Å². The van der Waals surface area contributed by atoms with Crippen LogP contribution in [0.4, 0.5) is 0 Å². The first-order chi connectivity index (χ1) is 9.19. The van der Waals surface area contributed by atoms with Crippen molar-refractivity contribution >= 4 is 29.0 Å². The van der Waals surface area contributed by atoms with E-state index in [-0.39, 0.29) is 0 Å². The van der Waals surface area contributed by atoms with E-state index in [4.69, 9.17) is 16.6 Å². The van der Waals surface area contributed by atoms with Gasteiger partial charge in [0.25, 0.3) is 0 Å². The third kappa shape index (κ3) is 2.24. The highest BCUT2D eigenvalue weighted by molar-refractivity contribution is 7.98. The van der Waals surface area contributed by atoms with Crippen molar-refractivity contribution < 1.29 is 0 Å². The molecular weight excluding hydrogens is 276 g/mol. The summed E-state index contributed by atoms with van der Waals surface area (Å²) in [7, 11) is 0. The normalized spacial score (nSPS) is 11.1. The first-order valence-corrected chi connectivity index (χ1v) is 7.58. The second-order valence-corrected chi connectivity index (χ2v) is 5.64. The van der Waals surface area contributed by atoms with Crippen LogP contribution in [0, 0.1) is 6.92 Å². The number of fused-ring (bicyclic) bond motifs is 1. The lowest BCUT2D eigenvalue weighted by molar-refractivity contribution is 1.04. The highest BCUT2D eigenvalue weighted by atomic mass is 35.5. The van der Waals surface area contributed by atoms with E-state index in [0.29, 0.717) is 0 Å². The molecule has 19 heavy (non-hydrogen) atoms. The number of aromatic nitrogens is 2. The molecule has 0 aliphatic carbocycles. The van der Waals surface area contributed by atoms with Crippen LogP contribution in [-0.2, 0) is 0 Å². The van der Waals surface area contributed by atoms with Crippen LogP contribution in [0.25, 0.3) is 16.9 Å². The van der Waals surface area contributed by atoms with Gasteiger partial charge in [0.15, 0.2) is 0 Å². The molecule has 0 saturated heterocycles. The number of pyridine rings is 1. The highest BCUT2D eigenvalue weighted by Gasteiger charge is 2.13. The molecule has 0 atom stereocenters. The van der Waals surface area contributed by atoms with E-state index >= 15 is 0 Å². The molecule has 0 bridgehead atoms. The molecule has 0 radical (unpaired) electrons. The number of rotatable bonds is 2. The fraction of sp³-hybridized carbons (Fsp3) is 0.133. The smallest absolute Gasteiger partial charge is 0.138 e. The Kier molecular flexibility index (Phi) is 3.25. The summed E-state index contributed by atoms with van der Waals surface area (Å²) in [4.78, 5) is 4.72. The Labute approximate surface area is 121 Å². The Morgan fingerprint density at radius 2 is 1.84 bits per heavy atom. The van der Waals surface area contributed by atoms with Crippen molar-refractivity contribution in [3.05, 3.63) is 53.2 Å². The van der Waals surface area contributed by atoms with E-state index in [1.165, 1.54) is 5.56 Å². The maximum atomic E-state index is 5.94. The minimum absolute atomic E-state index is 0.745. The van der Waals surface area contributed by atoms with Gasteiger partial charge in [-0.15, -0.1) is 11.8 Å². The van der Waals surface area contributed by atoms with Crippen LogP contribution in [0.2, 0.25) is 5.02 Å². The number of halogens is 1. The molecule has 0 fully saturated rings. The van der Waals surface area contributed by atoms with Gasteiger partial charge in [-0.1, -0.05) is 29.8 Å². The predicted molar refractivity (Wildman–Crippen MR) is 82.2 cm³/mol. The summed E-state index contributed by atoms with van der Waals surface area (Å²) in [6, 6.07) is 12.0. The number of imidazole rings is 1. The van der Waals surface area contributed by atoms with Crippen molar-refractivity contribution in [1.29, 1.82) is 0 Å². The summed E-state index contributed by atoms with van der Waals surface area (Å²) in [5, 5.41) is 1.90. The zero-order valence-electron chi connectivity index (χ0n) is 10.7. The van der Waals surface area contributed by atoms with Crippen molar-refractivity contribution in [2.75, 3.05) is 6.26 Å². The Morgan fingerprint density at radius 3 is 2.53 bits per heavy atom. The monoisotopic (exact) mass is 288 g/mol. The lowest BCUT2D eigenvalue weighted by atomic mass is 10.2. The second-order valence-electron chi connectivity index (χ2n) is 4.41. The maximum Gasteiger partial charge on any atom is 0.138 e. The minimum Gasteiger partial charge on any atom is -0.294 e. The topological polar surface area (TPSA) is 17.3 Å². The van der Waals surface area contributed by atoms with Gasteiger partial charge >= 0.3 is 0 Å². The summed E-state index contributed by atoms with van der Waals surface area (Å²) >= 11 is 7.65. The summed E-state index contributed by atoms with van der Waals surface area (Å²) in [6.07, 6.45) is 4.19. The van der Waals surface area contributed by atoms with Gasteiger partial charge in [0.1, 0.15) is 16.4 Å². The van der Waals surface area contributed by atoms with Crippen LogP contribution in [0.5, 0.6) is 0 Å². The molecule has 0 amide bonds. The van der Waals surface area contributed by atoms with Gasteiger partial charge < -0.3 is 0 Å². The molecule has 0 aliphatic rings. The largest absolute Gasteiger partial charge is 0.294 e. The molecule has 1 aromatic carbocycles. The van der Waals surface area contributed by atoms with E-state index in [1.54, 1.807) is 11.8 Å². The van der Waals surface area contributed by atoms with Gasteiger partial charge in [-0.05, 0) is 36.9 Å². The molecule has 0 N–H and O–H groups in total. The van der Waals surface area contributed by atoms with Gasteiger partial charge in [-0.2, -0.15) is 0 Å². The molecule has 3 rings (SSSR count). The standard InChI is InChI=1S/C15H13ClN2S/c1-10-3-8-13-17-14(15(19-2)18(13)9-10)11-4-6-12(16)7-5-11/h3-9H,1-2H3. The van der Waals surface area contributed by atoms with Crippen molar-refractivity contribution in [1.82, 2.24) is 9.38 Å². The summed E-state index contributed by atoms with van der Waals surface area (Å²) in [5.74, 6) is 0. The molecule has 2 heterocycles. The van der Waals surface area contributed by atoms with Crippen LogP contribution < -0.4 is 0 Å². The third-order valence-electron chi connectivity index (χ3n) is 3.03. The fourth-order valence-electron chi connectivity index (χ4n) is 2.12. The average molecular weight is 289 g/mol. The quantitative estimate of drug-likeness (QED) is 0.637. The van der Waals surface area contributed by atoms with Crippen LogP contribution in [-0.4, -0.2) is 15.6 Å². The van der Waals surface area contributed by atoms with Crippen LogP contribution >= 0.6 is 23.4 Å². The number of aryl methyl sites for hydroxylation is 1. The molecule has 2 aromatic heterocycles. The molecular formula is C15H13ClN2S. The van der Waals surface area contributed by atoms with Crippen LogP contribution in [0.15, 0.2) is 47.6 Å². The maximum absolute atomic E-state index is 5.94. The predicted octanol–water partition coefficient (Wildman–Crippen LogP) is 4.69. The first kappa shape index (κ1) is 12.6. The average Bonchev–Trinajstić information content (AvgIpc) is 2.77. The number of thioether (sulfide) groups is 1. The number of hydrogen-bond acceptors (Lipinski definition) is 2. The zero-order chi connectivity index (χ0) is 13.4. The highest BCUT2D eigenvalue weighted by Crippen LogP contribution is 2.31. The van der Waals surface area contributed by atoms with Crippen LogP contribution in [0.3, 0.4) is 0 Å². The number of hydrogen-bond donors (Lipinski definition) is 0. The summed E-state index contributed by atoms with van der Waals surface area (Å²) in [5.41, 5.74) is 4.30. The Bertz CT molecular complexity index is 732. The molecule has 2 nitrogen and oxygen atoms in total. The number of benzene rings is 1.